The maximum atomic E-state index is 6.26. The summed E-state index contributed by atoms with van der Waals surface area (Å²) < 4.78 is 0.906. The smallest absolute Gasteiger partial charge is 0.173 e. The van der Waals surface area contributed by atoms with Crippen molar-refractivity contribution in [2.45, 2.75) is 6.92 Å². The van der Waals surface area contributed by atoms with Crippen molar-refractivity contribution < 1.29 is 0 Å². The Morgan fingerprint density at radius 3 is 2.83 bits per heavy atom. The van der Waals surface area contributed by atoms with Gasteiger partial charge in [0.2, 0.25) is 0 Å². The molecular formula is C12H7BrClN3S. The van der Waals surface area contributed by atoms with E-state index in [0.717, 1.165) is 25.8 Å². The van der Waals surface area contributed by atoms with Crippen LogP contribution in [0.2, 0.25) is 5.15 Å². The molecule has 0 spiro atoms. The molecule has 0 unspecified atom stereocenters. The Morgan fingerprint density at radius 1 is 1.28 bits per heavy atom. The highest BCUT2D eigenvalue weighted by atomic mass is 79.9. The number of rotatable bonds is 1. The summed E-state index contributed by atoms with van der Waals surface area (Å²) >= 11 is 11.2. The molecule has 3 rings (SSSR count). The van der Waals surface area contributed by atoms with E-state index < -0.39 is 0 Å². The van der Waals surface area contributed by atoms with E-state index in [0.29, 0.717) is 11.0 Å². The van der Waals surface area contributed by atoms with Crippen LogP contribution in [-0.4, -0.2) is 15.0 Å². The summed E-state index contributed by atoms with van der Waals surface area (Å²) in [4.78, 5) is 13.9. The average Bonchev–Trinajstić information content (AvgIpc) is 2.87. The van der Waals surface area contributed by atoms with Crippen LogP contribution in [0.15, 0.2) is 28.3 Å². The second-order valence-corrected chi connectivity index (χ2v) is 5.89. The van der Waals surface area contributed by atoms with Crippen LogP contribution in [0.1, 0.15) is 5.56 Å². The average molecular weight is 341 g/mol. The van der Waals surface area contributed by atoms with Crippen LogP contribution >= 0.6 is 38.9 Å². The third-order valence-corrected chi connectivity index (χ3v) is 4.31. The van der Waals surface area contributed by atoms with Crippen LogP contribution in [0, 0.1) is 6.92 Å². The first-order valence-corrected chi connectivity index (χ1v) is 7.23. The number of halogens is 2. The minimum atomic E-state index is 0.457. The van der Waals surface area contributed by atoms with Crippen molar-refractivity contribution in [2.24, 2.45) is 0 Å². The summed E-state index contributed by atoms with van der Waals surface area (Å²) in [5, 5.41) is 1.31. The topological polar surface area (TPSA) is 38.7 Å². The van der Waals surface area contributed by atoms with Crippen LogP contribution in [0.5, 0.6) is 0 Å². The SMILES string of the molecule is Cc1ccc(Br)c2c(Cl)nc(-c3cncs3)nc12. The Labute approximate surface area is 121 Å². The van der Waals surface area contributed by atoms with Gasteiger partial charge in [-0.15, -0.1) is 11.3 Å². The van der Waals surface area contributed by atoms with Gasteiger partial charge in [-0.05, 0) is 34.5 Å². The first-order valence-electron chi connectivity index (χ1n) is 5.18. The van der Waals surface area contributed by atoms with E-state index in [1.54, 1.807) is 11.7 Å². The molecule has 0 fully saturated rings. The molecule has 0 N–H and O–H groups in total. The van der Waals surface area contributed by atoms with Crippen LogP contribution < -0.4 is 0 Å². The number of hydrogen-bond acceptors (Lipinski definition) is 4. The van der Waals surface area contributed by atoms with Crippen molar-refractivity contribution in [3.8, 4) is 10.7 Å². The molecule has 3 aromatic rings. The molecule has 0 atom stereocenters. The van der Waals surface area contributed by atoms with Gasteiger partial charge in [-0.3, -0.25) is 4.98 Å². The van der Waals surface area contributed by atoms with Gasteiger partial charge in [0.05, 0.1) is 21.3 Å². The minimum Gasteiger partial charge on any atom is -0.252 e. The van der Waals surface area contributed by atoms with Crippen molar-refractivity contribution in [2.75, 3.05) is 0 Å². The highest BCUT2D eigenvalue weighted by molar-refractivity contribution is 9.10. The molecule has 0 aliphatic rings. The lowest BCUT2D eigenvalue weighted by molar-refractivity contribution is 1.22. The van der Waals surface area contributed by atoms with Crippen molar-refractivity contribution >= 4 is 49.8 Å². The molecule has 3 nitrogen and oxygen atoms in total. The van der Waals surface area contributed by atoms with Crippen LogP contribution in [-0.2, 0) is 0 Å². The van der Waals surface area contributed by atoms with Crippen LogP contribution in [0.3, 0.4) is 0 Å². The zero-order valence-corrected chi connectivity index (χ0v) is 12.5. The summed E-state index contributed by atoms with van der Waals surface area (Å²) in [6, 6.07) is 3.96. The predicted molar refractivity (Wildman–Crippen MR) is 78.1 cm³/mol. The van der Waals surface area contributed by atoms with Gasteiger partial charge >= 0.3 is 0 Å². The standard InChI is InChI=1S/C12H7BrClN3S/c1-6-2-3-7(13)9-10(6)16-12(17-11(9)14)8-4-15-5-18-8/h2-5H,1H3. The van der Waals surface area contributed by atoms with Crippen molar-refractivity contribution in [1.29, 1.82) is 0 Å². The summed E-state index contributed by atoms with van der Waals surface area (Å²) in [5.74, 6) is 0.621. The van der Waals surface area contributed by atoms with Crippen molar-refractivity contribution in [3.63, 3.8) is 0 Å². The third kappa shape index (κ3) is 1.92. The molecule has 0 radical (unpaired) electrons. The molecule has 0 aliphatic heterocycles. The molecule has 1 aromatic carbocycles. The molecule has 90 valence electrons. The fraction of sp³-hybridized carbons (Fsp3) is 0.0833. The van der Waals surface area contributed by atoms with Gasteiger partial charge in [0.15, 0.2) is 5.82 Å². The molecule has 0 saturated heterocycles. The first-order chi connectivity index (χ1) is 8.66. The minimum absolute atomic E-state index is 0.457. The van der Waals surface area contributed by atoms with Gasteiger partial charge < -0.3 is 0 Å². The van der Waals surface area contributed by atoms with Crippen LogP contribution in [0.4, 0.5) is 0 Å². The van der Waals surface area contributed by atoms with Crippen molar-refractivity contribution in [3.05, 3.63) is 39.0 Å². The van der Waals surface area contributed by atoms with Gasteiger partial charge in [0.1, 0.15) is 5.15 Å². The maximum Gasteiger partial charge on any atom is 0.173 e. The van der Waals surface area contributed by atoms with E-state index in [-0.39, 0.29) is 0 Å². The second-order valence-electron chi connectivity index (χ2n) is 3.79. The quantitative estimate of drug-likeness (QED) is 0.613. The number of hydrogen-bond donors (Lipinski definition) is 0. The number of fused-ring (bicyclic) bond motifs is 1. The van der Waals surface area contributed by atoms with Gasteiger partial charge in [-0.1, -0.05) is 17.7 Å². The van der Waals surface area contributed by atoms with E-state index in [9.17, 15) is 0 Å². The Bertz CT molecular complexity index is 728. The largest absolute Gasteiger partial charge is 0.252 e. The maximum absolute atomic E-state index is 6.26. The Morgan fingerprint density at radius 2 is 2.11 bits per heavy atom. The Balaban J connectivity index is 2.37. The van der Waals surface area contributed by atoms with Gasteiger partial charge in [-0.25, -0.2) is 9.97 Å². The van der Waals surface area contributed by atoms with E-state index >= 15 is 0 Å². The zero-order valence-electron chi connectivity index (χ0n) is 9.32. The number of aryl methyl sites for hydroxylation is 1. The van der Waals surface area contributed by atoms with Gasteiger partial charge in [-0.2, -0.15) is 0 Å². The van der Waals surface area contributed by atoms with E-state index in [1.165, 1.54) is 11.3 Å². The molecule has 2 aromatic heterocycles. The number of thiazole rings is 1. The number of aromatic nitrogens is 3. The lowest BCUT2D eigenvalue weighted by Gasteiger charge is -2.07. The monoisotopic (exact) mass is 339 g/mol. The molecule has 0 bridgehead atoms. The normalized spacial score (nSPS) is 11.1. The molecule has 2 heterocycles. The fourth-order valence-electron chi connectivity index (χ4n) is 1.73. The molecule has 0 saturated carbocycles. The Kier molecular flexibility index (Phi) is 3.05. The van der Waals surface area contributed by atoms with Crippen LogP contribution in [0.25, 0.3) is 21.6 Å². The summed E-state index contributed by atoms with van der Waals surface area (Å²) in [5.41, 5.74) is 3.70. The highest BCUT2D eigenvalue weighted by Crippen LogP contribution is 2.32. The number of benzene rings is 1. The summed E-state index contributed by atoms with van der Waals surface area (Å²) in [6.07, 6.45) is 1.75. The Hall–Kier alpha value is -1.04. The lowest BCUT2D eigenvalue weighted by atomic mass is 10.1. The van der Waals surface area contributed by atoms with Gasteiger partial charge in [0, 0.05) is 10.7 Å². The second kappa shape index (κ2) is 4.57. The molecule has 18 heavy (non-hydrogen) atoms. The first kappa shape index (κ1) is 12.0. The van der Waals surface area contributed by atoms with Gasteiger partial charge in [0.25, 0.3) is 0 Å². The fourth-order valence-corrected chi connectivity index (χ4v) is 3.17. The molecule has 0 amide bonds. The number of nitrogens with zero attached hydrogens (tertiary/aromatic N) is 3. The predicted octanol–water partition coefficient (Wildman–Crippen LogP) is 4.48. The third-order valence-electron chi connectivity index (χ3n) is 2.61. The molecule has 6 heteroatoms. The van der Waals surface area contributed by atoms with E-state index in [1.807, 2.05) is 19.1 Å². The van der Waals surface area contributed by atoms with Crippen molar-refractivity contribution in [1.82, 2.24) is 15.0 Å². The summed E-state index contributed by atoms with van der Waals surface area (Å²) in [7, 11) is 0. The zero-order chi connectivity index (χ0) is 12.7. The highest BCUT2D eigenvalue weighted by Gasteiger charge is 2.13. The lowest BCUT2D eigenvalue weighted by Crippen LogP contribution is -1.93. The molecule has 0 aliphatic carbocycles. The summed E-state index contributed by atoms with van der Waals surface area (Å²) in [6.45, 7) is 2.01. The van der Waals surface area contributed by atoms with E-state index in [4.69, 9.17) is 11.6 Å². The van der Waals surface area contributed by atoms with E-state index in [2.05, 4.69) is 30.9 Å². The molecular weight excluding hydrogens is 334 g/mol.